The quantitative estimate of drug-likeness (QED) is 0.588. The maximum atomic E-state index is 5.95. The summed E-state index contributed by atoms with van der Waals surface area (Å²) < 4.78 is 7.05. The summed E-state index contributed by atoms with van der Waals surface area (Å²) in [6.45, 7) is 5.57. The van der Waals surface area contributed by atoms with Crippen LogP contribution in [0.2, 0.25) is 0 Å². The fraction of sp³-hybridized carbons (Fsp3) is 0.600. The van der Waals surface area contributed by atoms with Gasteiger partial charge in [0.25, 0.3) is 0 Å². The standard InChI is InChI=1S/C15H21IO/c1-11(2)15-13(8-9-17-14(15)10-16)12-6-4-3-5-7-12/h3-7,11,13-15H,8-10H2,1-2H3/t13-,14+,15-/m0/s1. The molecule has 1 nitrogen and oxygen atoms in total. The van der Waals surface area contributed by atoms with Gasteiger partial charge in [-0.2, -0.15) is 0 Å². The maximum Gasteiger partial charge on any atom is 0.0700 e. The topological polar surface area (TPSA) is 9.23 Å². The highest BCUT2D eigenvalue weighted by Crippen LogP contribution is 2.40. The van der Waals surface area contributed by atoms with E-state index in [4.69, 9.17) is 4.74 Å². The van der Waals surface area contributed by atoms with E-state index in [2.05, 4.69) is 66.8 Å². The van der Waals surface area contributed by atoms with E-state index in [1.807, 2.05) is 0 Å². The van der Waals surface area contributed by atoms with Crippen LogP contribution in [0.3, 0.4) is 0 Å². The number of alkyl halides is 1. The minimum absolute atomic E-state index is 0.426. The first-order valence-electron chi connectivity index (χ1n) is 6.46. The summed E-state index contributed by atoms with van der Waals surface area (Å²) in [5, 5.41) is 0. The lowest BCUT2D eigenvalue weighted by Gasteiger charge is -2.40. The third kappa shape index (κ3) is 3.02. The van der Waals surface area contributed by atoms with Crippen LogP contribution >= 0.6 is 22.6 Å². The molecule has 0 bridgehead atoms. The molecule has 1 aliphatic rings. The van der Waals surface area contributed by atoms with Crippen LogP contribution in [-0.4, -0.2) is 17.1 Å². The average Bonchev–Trinajstić information content (AvgIpc) is 2.38. The van der Waals surface area contributed by atoms with Crippen LogP contribution in [0, 0.1) is 11.8 Å². The van der Waals surface area contributed by atoms with Gasteiger partial charge in [-0.25, -0.2) is 0 Å². The molecule has 2 rings (SSSR count). The van der Waals surface area contributed by atoms with Gasteiger partial charge in [-0.05, 0) is 29.7 Å². The van der Waals surface area contributed by atoms with Crippen molar-refractivity contribution >= 4 is 22.6 Å². The molecule has 1 saturated heterocycles. The molecule has 2 heteroatoms. The predicted molar refractivity (Wildman–Crippen MR) is 80.8 cm³/mol. The van der Waals surface area contributed by atoms with Crippen molar-refractivity contribution in [2.45, 2.75) is 32.3 Å². The zero-order valence-corrected chi connectivity index (χ0v) is 12.8. The molecule has 0 amide bonds. The maximum absolute atomic E-state index is 5.95. The molecule has 1 aliphatic heterocycles. The van der Waals surface area contributed by atoms with Gasteiger partial charge in [0.1, 0.15) is 0 Å². The SMILES string of the molecule is CC(C)[C@@H]1[C@@H](CI)OCC[C@H]1c1ccccc1. The number of hydrogen-bond donors (Lipinski definition) is 0. The Kier molecular flexibility index (Phi) is 4.86. The van der Waals surface area contributed by atoms with Gasteiger partial charge in [0, 0.05) is 11.0 Å². The van der Waals surface area contributed by atoms with Crippen molar-refractivity contribution < 1.29 is 4.74 Å². The van der Waals surface area contributed by atoms with Gasteiger partial charge in [0.15, 0.2) is 0 Å². The van der Waals surface area contributed by atoms with Gasteiger partial charge in [0.05, 0.1) is 6.10 Å². The van der Waals surface area contributed by atoms with E-state index in [1.54, 1.807) is 0 Å². The number of ether oxygens (including phenoxy) is 1. The van der Waals surface area contributed by atoms with Crippen molar-refractivity contribution in [3.63, 3.8) is 0 Å². The third-order valence-electron chi connectivity index (χ3n) is 3.80. The van der Waals surface area contributed by atoms with E-state index in [-0.39, 0.29) is 0 Å². The molecular weight excluding hydrogens is 323 g/mol. The minimum Gasteiger partial charge on any atom is -0.377 e. The van der Waals surface area contributed by atoms with Crippen LogP contribution in [0.5, 0.6) is 0 Å². The lowest BCUT2D eigenvalue weighted by molar-refractivity contribution is -0.0383. The molecule has 0 radical (unpaired) electrons. The summed E-state index contributed by atoms with van der Waals surface area (Å²) in [6.07, 6.45) is 1.59. The van der Waals surface area contributed by atoms with Crippen molar-refractivity contribution in [1.82, 2.24) is 0 Å². The Labute approximate surface area is 118 Å². The largest absolute Gasteiger partial charge is 0.377 e. The fourth-order valence-electron chi connectivity index (χ4n) is 3.04. The molecule has 94 valence electrons. The lowest BCUT2D eigenvalue weighted by Crippen LogP contribution is -2.39. The molecule has 1 fully saturated rings. The van der Waals surface area contributed by atoms with Crippen LogP contribution in [0.25, 0.3) is 0 Å². The first-order chi connectivity index (χ1) is 8.24. The summed E-state index contributed by atoms with van der Waals surface area (Å²) in [4.78, 5) is 0. The average molecular weight is 344 g/mol. The summed E-state index contributed by atoms with van der Waals surface area (Å²) in [6, 6.07) is 11.0. The molecule has 1 heterocycles. The Morgan fingerprint density at radius 3 is 2.59 bits per heavy atom. The van der Waals surface area contributed by atoms with Crippen LogP contribution < -0.4 is 0 Å². The normalized spacial score (nSPS) is 29.5. The third-order valence-corrected chi connectivity index (χ3v) is 4.67. The van der Waals surface area contributed by atoms with Crippen molar-refractivity contribution in [3.8, 4) is 0 Å². The smallest absolute Gasteiger partial charge is 0.0700 e. The number of halogens is 1. The predicted octanol–water partition coefficient (Wildman–Crippen LogP) is 4.27. The first kappa shape index (κ1) is 13.3. The van der Waals surface area contributed by atoms with Crippen LogP contribution in [0.1, 0.15) is 31.7 Å². The lowest BCUT2D eigenvalue weighted by atomic mass is 9.73. The minimum atomic E-state index is 0.426. The summed E-state index contributed by atoms with van der Waals surface area (Å²) in [5.41, 5.74) is 1.49. The van der Waals surface area contributed by atoms with Crippen molar-refractivity contribution in [1.29, 1.82) is 0 Å². The van der Waals surface area contributed by atoms with Crippen molar-refractivity contribution in [2.75, 3.05) is 11.0 Å². The fourth-order valence-corrected chi connectivity index (χ4v) is 3.88. The Hall–Kier alpha value is -0.0900. The van der Waals surface area contributed by atoms with Crippen LogP contribution in [0.4, 0.5) is 0 Å². The molecule has 3 atom stereocenters. The highest BCUT2D eigenvalue weighted by atomic mass is 127. The zero-order valence-electron chi connectivity index (χ0n) is 10.6. The Balaban J connectivity index is 2.24. The Morgan fingerprint density at radius 2 is 2.00 bits per heavy atom. The summed E-state index contributed by atoms with van der Waals surface area (Å²) in [5.74, 6) is 2.01. The molecule has 0 aromatic heterocycles. The van der Waals surface area contributed by atoms with Crippen LogP contribution in [0.15, 0.2) is 30.3 Å². The second-order valence-corrected chi connectivity index (χ2v) is 6.07. The molecule has 0 saturated carbocycles. The first-order valence-corrected chi connectivity index (χ1v) is 7.99. The highest BCUT2D eigenvalue weighted by Gasteiger charge is 2.36. The zero-order chi connectivity index (χ0) is 12.3. The number of benzene rings is 1. The van der Waals surface area contributed by atoms with Gasteiger partial charge in [-0.15, -0.1) is 0 Å². The molecular formula is C15H21IO. The van der Waals surface area contributed by atoms with Crippen LogP contribution in [-0.2, 0) is 4.74 Å². The Bertz CT molecular complexity index is 336. The van der Waals surface area contributed by atoms with Gasteiger partial charge < -0.3 is 4.74 Å². The number of hydrogen-bond acceptors (Lipinski definition) is 1. The molecule has 0 spiro atoms. The van der Waals surface area contributed by atoms with Gasteiger partial charge in [-0.3, -0.25) is 0 Å². The second-order valence-electron chi connectivity index (χ2n) is 5.19. The molecule has 1 aromatic carbocycles. The van der Waals surface area contributed by atoms with E-state index in [0.717, 1.165) is 11.0 Å². The van der Waals surface area contributed by atoms with Crippen molar-refractivity contribution in [2.24, 2.45) is 11.8 Å². The van der Waals surface area contributed by atoms with Gasteiger partial charge in [-0.1, -0.05) is 66.8 Å². The monoisotopic (exact) mass is 344 g/mol. The van der Waals surface area contributed by atoms with E-state index in [1.165, 1.54) is 12.0 Å². The van der Waals surface area contributed by atoms with E-state index >= 15 is 0 Å². The molecule has 17 heavy (non-hydrogen) atoms. The van der Waals surface area contributed by atoms with Gasteiger partial charge >= 0.3 is 0 Å². The molecule has 0 aliphatic carbocycles. The Morgan fingerprint density at radius 1 is 1.29 bits per heavy atom. The van der Waals surface area contributed by atoms with Crippen molar-refractivity contribution in [3.05, 3.63) is 35.9 Å². The van der Waals surface area contributed by atoms with E-state index < -0.39 is 0 Å². The number of rotatable bonds is 3. The molecule has 1 aromatic rings. The van der Waals surface area contributed by atoms with Gasteiger partial charge in [0.2, 0.25) is 0 Å². The van der Waals surface area contributed by atoms with E-state index in [9.17, 15) is 0 Å². The van der Waals surface area contributed by atoms with E-state index in [0.29, 0.717) is 23.9 Å². The molecule has 0 unspecified atom stereocenters. The highest BCUT2D eigenvalue weighted by molar-refractivity contribution is 14.1. The second kappa shape index (κ2) is 6.19. The summed E-state index contributed by atoms with van der Waals surface area (Å²) >= 11 is 2.46. The summed E-state index contributed by atoms with van der Waals surface area (Å²) in [7, 11) is 0. The molecule has 0 N–H and O–H groups in total.